The summed E-state index contributed by atoms with van der Waals surface area (Å²) in [6, 6.07) is 18.3. The summed E-state index contributed by atoms with van der Waals surface area (Å²) in [5.41, 5.74) is 1.30. The van der Waals surface area contributed by atoms with E-state index in [-0.39, 0.29) is 11.5 Å². The van der Waals surface area contributed by atoms with Crippen LogP contribution in [-0.4, -0.2) is 15.3 Å². The predicted molar refractivity (Wildman–Crippen MR) is 97.1 cm³/mol. The number of benzene rings is 3. The maximum Gasteiger partial charge on any atom is 0.119 e. The molecule has 0 aliphatic carbocycles. The van der Waals surface area contributed by atoms with E-state index in [0.29, 0.717) is 33.3 Å². The Bertz CT molecular complexity index is 755. The van der Waals surface area contributed by atoms with Gasteiger partial charge in [0.2, 0.25) is 0 Å². The first-order chi connectivity index (χ1) is 11.5. The molecule has 0 spiro atoms. The lowest BCUT2D eigenvalue weighted by Gasteiger charge is -2.07. The maximum absolute atomic E-state index is 9.68. The number of hydrogen-bond donors (Lipinski definition) is 3. The third kappa shape index (κ3) is 5.37. The number of halogens is 2. The molecule has 0 aromatic heterocycles. The Morgan fingerprint density at radius 3 is 1.46 bits per heavy atom. The minimum atomic E-state index is 0.147. The molecule has 24 heavy (non-hydrogen) atoms. The highest BCUT2D eigenvalue weighted by Gasteiger charge is 2.07. The van der Waals surface area contributed by atoms with E-state index in [0.717, 1.165) is 0 Å². The lowest BCUT2D eigenvalue weighted by Crippen LogP contribution is -1.90. The van der Waals surface area contributed by atoms with Crippen LogP contribution in [0.2, 0.25) is 10.0 Å². The molecule has 3 N–H and O–H groups in total. The molecule has 3 aromatic rings. The van der Waals surface area contributed by atoms with Gasteiger partial charge in [0.1, 0.15) is 17.2 Å². The van der Waals surface area contributed by atoms with Crippen molar-refractivity contribution in [3.05, 3.63) is 87.9 Å². The molecular formula is C19H16Cl2O3. The molecule has 0 atom stereocenters. The van der Waals surface area contributed by atoms with E-state index in [4.69, 9.17) is 28.3 Å². The van der Waals surface area contributed by atoms with Crippen LogP contribution in [0.25, 0.3) is 0 Å². The van der Waals surface area contributed by atoms with Gasteiger partial charge in [-0.3, -0.25) is 0 Å². The standard InChI is InChI=1S/C13H10Cl2O2.C6H6O/c14-10-1-3-12(16)8(6-10)5-9-7-11(15)2-4-13(9)17;7-6-4-2-1-3-5-6/h1-4,6-7,16-17H,5H2;1-5,7H. The number of phenols is 3. The van der Waals surface area contributed by atoms with Gasteiger partial charge in [0.05, 0.1) is 0 Å². The molecule has 3 aromatic carbocycles. The SMILES string of the molecule is Oc1ccc(Cl)cc1Cc1cc(Cl)ccc1O.Oc1ccccc1. The van der Waals surface area contributed by atoms with Crippen molar-refractivity contribution in [3.8, 4) is 17.2 Å². The monoisotopic (exact) mass is 362 g/mol. The van der Waals surface area contributed by atoms with E-state index in [1.165, 1.54) is 12.1 Å². The van der Waals surface area contributed by atoms with Crippen molar-refractivity contribution in [2.75, 3.05) is 0 Å². The Morgan fingerprint density at radius 2 is 1.08 bits per heavy atom. The predicted octanol–water partition coefficient (Wildman–Crippen LogP) is 5.39. The zero-order valence-corrected chi connectivity index (χ0v) is 14.2. The maximum atomic E-state index is 9.68. The van der Waals surface area contributed by atoms with Crippen LogP contribution in [0.4, 0.5) is 0 Å². The van der Waals surface area contributed by atoms with Crippen molar-refractivity contribution in [2.24, 2.45) is 0 Å². The summed E-state index contributed by atoms with van der Waals surface area (Å²) < 4.78 is 0. The van der Waals surface area contributed by atoms with Crippen molar-refractivity contribution in [2.45, 2.75) is 6.42 Å². The summed E-state index contributed by atoms with van der Waals surface area (Å²) in [7, 11) is 0. The fourth-order valence-corrected chi connectivity index (χ4v) is 2.41. The van der Waals surface area contributed by atoms with Gasteiger partial charge >= 0.3 is 0 Å². The second-order valence-electron chi connectivity index (χ2n) is 5.06. The molecule has 5 heteroatoms. The number of hydrogen-bond acceptors (Lipinski definition) is 3. The van der Waals surface area contributed by atoms with E-state index in [1.54, 1.807) is 48.5 Å². The van der Waals surface area contributed by atoms with Crippen molar-refractivity contribution in [3.63, 3.8) is 0 Å². The molecule has 0 radical (unpaired) electrons. The Kier molecular flexibility index (Phi) is 6.36. The molecule has 0 saturated heterocycles. The minimum Gasteiger partial charge on any atom is -0.508 e. The smallest absolute Gasteiger partial charge is 0.119 e. The van der Waals surface area contributed by atoms with Crippen LogP contribution in [0.3, 0.4) is 0 Å². The van der Waals surface area contributed by atoms with Crippen molar-refractivity contribution >= 4 is 23.2 Å². The molecule has 0 aliphatic rings. The molecule has 0 aliphatic heterocycles. The van der Waals surface area contributed by atoms with E-state index in [9.17, 15) is 10.2 Å². The lowest BCUT2D eigenvalue weighted by molar-refractivity contribution is 0.463. The number of rotatable bonds is 2. The van der Waals surface area contributed by atoms with Gasteiger partial charge in [-0.2, -0.15) is 0 Å². The van der Waals surface area contributed by atoms with Crippen molar-refractivity contribution in [1.82, 2.24) is 0 Å². The van der Waals surface area contributed by atoms with Crippen LogP contribution in [-0.2, 0) is 6.42 Å². The van der Waals surface area contributed by atoms with Gasteiger partial charge in [-0.1, -0.05) is 41.4 Å². The van der Waals surface area contributed by atoms with Crippen LogP contribution in [0, 0.1) is 0 Å². The van der Waals surface area contributed by atoms with Crippen LogP contribution >= 0.6 is 23.2 Å². The summed E-state index contributed by atoms with van der Waals surface area (Å²) in [4.78, 5) is 0. The third-order valence-corrected chi connectivity index (χ3v) is 3.69. The van der Waals surface area contributed by atoms with Gasteiger partial charge in [-0.25, -0.2) is 0 Å². The van der Waals surface area contributed by atoms with E-state index >= 15 is 0 Å². The molecule has 0 fully saturated rings. The summed E-state index contributed by atoms with van der Waals surface area (Å²) >= 11 is 11.7. The minimum absolute atomic E-state index is 0.147. The summed E-state index contributed by atoms with van der Waals surface area (Å²) in [5.74, 6) is 0.616. The van der Waals surface area contributed by atoms with E-state index < -0.39 is 0 Å². The second kappa shape index (κ2) is 8.48. The molecule has 0 saturated carbocycles. The van der Waals surface area contributed by atoms with Gasteiger partial charge in [-0.15, -0.1) is 0 Å². The first kappa shape index (κ1) is 18.0. The third-order valence-electron chi connectivity index (χ3n) is 3.22. The van der Waals surface area contributed by atoms with Gasteiger partial charge in [-0.05, 0) is 59.7 Å². The Hall–Kier alpha value is -2.36. The highest BCUT2D eigenvalue weighted by atomic mass is 35.5. The van der Waals surface area contributed by atoms with Gasteiger partial charge in [0, 0.05) is 16.5 Å². The molecular weight excluding hydrogens is 347 g/mol. The quantitative estimate of drug-likeness (QED) is 0.572. The molecule has 0 bridgehead atoms. The highest BCUT2D eigenvalue weighted by molar-refractivity contribution is 6.31. The molecule has 124 valence electrons. The lowest BCUT2D eigenvalue weighted by atomic mass is 10.0. The number of para-hydroxylation sites is 1. The summed E-state index contributed by atoms with van der Waals surface area (Å²) in [5, 5.41) is 29.1. The number of aromatic hydroxyl groups is 3. The fourth-order valence-electron chi connectivity index (χ4n) is 2.02. The van der Waals surface area contributed by atoms with Gasteiger partial charge < -0.3 is 15.3 Å². The first-order valence-electron chi connectivity index (χ1n) is 7.14. The van der Waals surface area contributed by atoms with Crippen molar-refractivity contribution in [1.29, 1.82) is 0 Å². The van der Waals surface area contributed by atoms with Crippen LogP contribution in [0.15, 0.2) is 66.7 Å². The van der Waals surface area contributed by atoms with Crippen LogP contribution in [0.5, 0.6) is 17.2 Å². The average molecular weight is 363 g/mol. The summed E-state index contributed by atoms with van der Waals surface area (Å²) in [6.07, 6.45) is 0.374. The van der Waals surface area contributed by atoms with Crippen molar-refractivity contribution < 1.29 is 15.3 Å². The Morgan fingerprint density at radius 1 is 0.625 bits per heavy atom. The fraction of sp³-hybridized carbons (Fsp3) is 0.0526. The topological polar surface area (TPSA) is 60.7 Å². The van der Waals surface area contributed by atoms with E-state index in [2.05, 4.69) is 0 Å². The highest BCUT2D eigenvalue weighted by Crippen LogP contribution is 2.29. The number of phenolic OH excluding ortho intramolecular Hbond substituents is 3. The van der Waals surface area contributed by atoms with Gasteiger partial charge in [0.15, 0.2) is 0 Å². The van der Waals surface area contributed by atoms with Crippen LogP contribution < -0.4 is 0 Å². The average Bonchev–Trinajstić information content (AvgIpc) is 2.56. The molecule has 0 heterocycles. The zero-order valence-electron chi connectivity index (χ0n) is 12.7. The molecule has 3 rings (SSSR count). The van der Waals surface area contributed by atoms with E-state index in [1.807, 2.05) is 6.07 Å². The van der Waals surface area contributed by atoms with Crippen LogP contribution in [0.1, 0.15) is 11.1 Å². The molecule has 3 nitrogen and oxygen atoms in total. The molecule has 0 amide bonds. The largest absolute Gasteiger partial charge is 0.508 e. The summed E-state index contributed by atoms with van der Waals surface area (Å²) in [6.45, 7) is 0. The Labute approximate surface area is 150 Å². The van der Waals surface area contributed by atoms with Gasteiger partial charge in [0.25, 0.3) is 0 Å². The first-order valence-corrected chi connectivity index (χ1v) is 7.90. The second-order valence-corrected chi connectivity index (χ2v) is 5.93. The zero-order chi connectivity index (χ0) is 17.5. The molecule has 0 unspecified atom stereocenters. The Balaban J connectivity index is 0.000000249. The normalized spacial score (nSPS) is 9.92.